The van der Waals surface area contributed by atoms with Gasteiger partial charge in [-0.25, -0.2) is 9.67 Å². The van der Waals surface area contributed by atoms with Crippen molar-refractivity contribution < 1.29 is 9.59 Å². The number of anilines is 2. The van der Waals surface area contributed by atoms with E-state index in [1.54, 1.807) is 23.3 Å². The Bertz CT molecular complexity index is 1440. The molecule has 1 fully saturated rings. The van der Waals surface area contributed by atoms with Crippen LogP contribution in [0.5, 0.6) is 0 Å². The van der Waals surface area contributed by atoms with Crippen molar-refractivity contribution in [3.8, 4) is 22.4 Å². The molecule has 0 unspecified atom stereocenters. The molecular weight excluding hydrogens is 456 g/mol. The second kappa shape index (κ2) is 9.65. The second-order valence-electron chi connectivity index (χ2n) is 9.18. The van der Waals surface area contributed by atoms with Gasteiger partial charge < -0.3 is 10.6 Å². The molecule has 10 nitrogen and oxygen atoms in total. The molecule has 1 aliphatic rings. The van der Waals surface area contributed by atoms with Gasteiger partial charge in [-0.1, -0.05) is 11.3 Å². The summed E-state index contributed by atoms with van der Waals surface area (Å²) in [5, 5.41) is 22.2. The van der Waals surface area contributed by atoms with E-state index in [1.165, 1.54) is 0 Å². The Morgan fingerprint density at radius 3 is 2.61 bits per heavy atom. The predicted octanol–water partition coefficient (Wildman–Crippen LogP) is 4.29. The van der Waals surface area contributed by atoms with Crippen LogP contribution in [0.2, 0.25) is 0 Å². The summed E-state index contributed by atoms with van der Waals surface area (Å²) in [5.41, 5.74) is 5.04. The zero-order valence-corrected chi connectivity index (χ0v) is 20.3. The topological polar surface area (TPSA) is 128 Å². The molecule has 1 aliphatic carbocycles. The Morgan fingerprint density at radius 1 is 1.03 bits per heavy atom. The lowest BCUT2D eigenvalue weighted by atomic mass is 10.0. The van der Waals surface area contributed by atoms with E-state index in [1.807, 2.05) is 57.2 Å². The van der Waals surface area contributed by atoms with Crippen LogP contribution < -0.4 is 10.6 Å². The van der Waals surface area contributed by atoms with Crippen molar-refractivity contribution in [2.45, 2.75) is 39.7 Å². The summed E-state index contributed by atoms with van der Waals surface area (Å²) in [5.74, 6) is 0.282. The molecule has 5 rings (SSSR count). The molecule has 0 saturated heterocycles. The largest absolute Gasteiger partial charge is 0.321 e. The summed E-state index contributed by atoms with van der Waals surface area (Å²) < 4.78 is 1.64. The van der Waals surface area contributed by atoms with E-state index in [0.717, 1.165) is 35.1 Å². The van der Waals surface area contributed by atoms with Gasteiger partial charge in [0.25, 0.3) is 5.91 Å². The molecular formula is C26H26N8O2. The SMILES string of the molecule is Cc1ccc(NC(=O)c2cn(C(C)C)nn2)cc1-c1cc(-c2ccnc(NC(=O)C3CC3)c2)cnn1. The van der Waals surface area contributed by atoms with Gasteiger partial charge in [0.15, 0.2) is 5.69 Å². The van der Waals surface area contributed by atoms with E-state index in [0.29, 0.717) is 17.2 Å². The minimum absolute atomic E-state index is 0.00873. The van der Waals surface area contributed by atoms with Crippen LogP contribution >= 0.6 is 0 Å². The normalized spacial score (nSPS) is 13.0. The Labute approximate surface area is 208 Å². The van der Waals surface area contributed by atoms with Gasteiger partial charge in [-0.15, -0.1) is 5.10 Å². The minimum atomic E-state index is -0.339. The third-order valence-electron chi connectivity index (χ3n) is 5.99. The first-order valence-electron chi connectivity index (χ1n) is 11.8. The van der Waals surface area contributed by atoms with Gasteiger partial charge in [0.2, 0.25) is 5.91 Å². The van der Waals surface area contributed by atoms with Crippen LogP contribution in [0, 0.1) is 12.8 Å². The lowest BCUT2D eigenvalue weighted by molar-refractivity contribution is -0.117. The molecule has 3 heterocycles. The van der Waals surface area contributed by atoms with E-state index in [-0.39, 0.29) is 29.5 Å². The summed E-state index contributed by atoms with van der Waals surface area (Å²) in [6.45, 7) is 5.91. The summed E-state index contributed by atoms with van der Waals surface area (Å²) in [4.78, 5) is 29.1. The van der Waals surface area contributed by atoms with Gasteiger partial charge in [0, 0.05) is 35.0 Å². The smallest absolute Gasteiger partial charge is 0.277 e. The Balaban J connectivity index is 1.38. The van der Waals surface area contributed by atoms with Crippen LogP contribution in [0.25, 0.3) is 22.4 Å². The quantitative estimate of drug-likeness (QED) is 0.402. The van der Waals surface area contributed by atoms with E-state index in [9.17, 15) is 9.59 Å². The number of pyridine rings is 1. The molecule has 0 atom stereocenters. The third-order valence-corrected chi connectivity index (χ3v) is 5.99. The average molecular weight is 483 g/mol. The van der Waals surface area contributed by atoms with Crippen molar-refractivity contribution >= 4 is 23.3 Å². The number of aryl methyl sites for hydroxylation is 1. The number of carbonyl (C=O) groups is 2. The second-order valence-corrected chi connectivity index (χ2v) is 9.18. The lowest BCUT2D eigenvalue weighted by Crippen LogP contribution is -2.14. The molecule has 182 valence electrons. The number of hydrogen-bond donors (Lipinski definition) is 2. The summed E-state index contributed by atoms with van der Waals surface area (Å²) >= 11 is 0. The molecule has 4 aromatic rings. The fraction of sp³-hybridized carbons (Fsp3) is 0.269. The maximum Gasteiger partial charge on any atom is 0.277 e. The number of hydrogen-bond acceptors (Lipinski definition) is 7. The fourth-order valence-corrected chi connectivity index (χ4v) is 3.71. The van der Waals surface area contributed by atoms with Gasteiger partial charge in [0.05, 0.1) is 18.1 Å². The van der Waals surface area contributed by atoms with Gasteiger partial charge >= 0.3 is 0 Å². The lowest BCUT2D eigenvalue weighted by Gasteiger charge is -2.11. The van der Waals surface area contributed by atoms with E-state index in [2.05, 4.69) is 36.1 Å². The summed E-state index contributed by atoms with van der Waals surface area (Å²) in [7, 11) is 0. The molecule has 36 heavy (non-hydrogen) atoms. The van der Waals surface area contributed by atoms with Crippen molar-refractivity contribution in [3.05, 3.63) is 66.2 Å². The number of nitrogens with zero attached hydrogens (tertiary/aromatic N) is 6. The maximum atomic E-state index is 12.7. The number of rotatable bonds is 7. The average Bonchev–Trinajstić information content (AvgIpc) is 3.61. The van der Waals surface area contributed by atoms with Crippen LogP contribution in [0.15, 0.2) is 55.0 Å². The fourth-order valence-electron chi connectivity index (χ4n) is 3.71. The van der Waals surface area contributed by atoms with E-state index in [4.69, 9.17) is 0 Å². The third kappa shape index (κ3) is 5.12. The summed E-state index contributed by atoms with van der Waals surface area (Å²) in [6.07, 6.45) is 6.82. The van der Waals surface area contributed by atoms with Crippen LogP contribution in [-0.2, 0) is 4.79 Å². The predicted molar refractivity (Wildman–Crippen MR) is 135 cm³/mol. The highest BCUT2D eigenvalue weighted by atomic mass is 16.2. The van der Waals surface area contributed by atoms with E-state index >= 15 is 0 Å². The number of aromatic nitrogens is 6. The van der Waals surface area contributed by atoms with Gasteiger partial charge in [-0.05, 0) is 75.1 Å². The Hall–Kier alpha value is -4.47. The van der Waals surface area contributed by atoms with Crippen LogP contribution in [0.3, 0.4) is 0 Å². The zero-order valence-electron chi connectivity index (χ0n) is 20.3. The number of carbonyl (C=O) groups excluding carboxylic acids is 2. The van der Waals surface area contributed by atoms with Crippen molar-refractivity contribution in [1.82, 2.24) is 30.2 Å². The minimum Gasteiger partial charge on any atom is -0.321 e. The monoisotopic (exact) mass is 482 g/mol. The standard InChI is InChI=1S/C26H26N8O2/c1-15(2)34-14-23(32-33-34)26(36)29-20-7-4-16(3)21(12-20)22-10-19(13-28-31-22)18-8-9-27-24(11-18)30-25(35)17-5-6-17/h4,7-15,17H,5-6H2,1-3H3,(H,29,36)(H,27,30,35). The first-order valence-corrected chi connectivity index (χ1v) is 11.8. The Morgan fingerprint density at radius 2 is 1.86 bits per heavy atom. The molecule has 2 N–H and O–H groups in total. The van der Waals surface area contributed by atoms with Crippen molar-refractivity contribution in [2.75, 3.05) is 10.6 Å². The molecule has 10 heteroatoms. The molecule has 1 aromatic carbocycles. The molecule has 3 aromatic heterocycles. The van der Waals surface area contributed by atoms with Crippen LogP contribution in [0.1, 0.15) is 48.8 Å². The maximum absolute atomic E-state index is 12.7. The molecule has 0 radical (unpaired) electrons. The van der Waals surface area contributed by atoms with Crippen LogP contribution in [-0.4, -0.2) is 42.0 Å². The molecule has 1 saturated carbocycles. The van der Waals surface area contributed by atoms with Gasteiger partial charge in [-0.2, -0.15) is 10.2 Å². The van der Waals surface area contributed by atoms with Crippen molar-refractivity contribution in [1.29, 1.82) is 0 Å². The first-order chi connectivity index (χ1) is 17.4. The van der Waals surface area contributed by atoms with Gasteiger partial charge in [-0.3, -0.25) is 9.59 Å². The highest BCUT2D eigenvalue weighted by Crippen LogP contribution is 2.31. The van der Waals surface area contributed by atoms with E-state index < -0.39 is 0 Å². The molecule has 0 bridgehead atoms. The first kappa shape index (κ1) is 23.3. The van der Waals surface area contributed by atoms with Gasteiger partial charge in [0.1, 0.15) is 5.82 Å². The highest BCUT2D eigenvalue weighted by molar-refractivity contribution is 6.03. The number of amides is 2. The highest BCUT2D eigenvalue weighted by Gasteiger charge is 2.29. The molecule has 0 aliphatic heterocycles. The summed E-state index contributed by atoms with van der Waals surface area (Å²) in [6, 6.07) is 11.3. The van der Waals surface area contributed by atoms with Crippen LogP contribution in [0.4, 0.5) is 11.5 Å². The number of nitrogens with one attached hydrogen (secondary N) is 2. The zero-order chi connectivity index (χ0) is 25.2. The van der Waals surface area contributed by atoms with Crippen molar-refractivity contribution in [3.63, 3.8) is 0 Å². The Kier molecular flexibility index (Phi) is 6.24. The molecule has 2 amide bonds. The number of benzene rings is 1. The van der Waals surface area contributed by atoms with Crippen molar-refractivity contribution in [2.24, 2.45) is 5.92 Å². The molecule has 0 spiro atoms.